The fraction of sp³-hybridized carbons (Fsp3) is 0.345. The molecule has 36 heavy (non-hydrogen) atoms. The number of anilines is 1. The van der Waals surface area contributed by atoms with E-state index in [0.29, 0.717) is 18.5 Å². The van der Waals surface area contributed by atoms with Gasteiger partial charge in [0.25, 0.3) is 5.56 Å². The summed E-state index contributed by atoms with van der Waals surface area (Å²) in [6, 6.07) is 9.22. The van der Waals surface area contributed by atoms with Crippen LogP contribution in [0, 0.1) is 0 Å². The van der Waals surface area contributed by atoms with E-state index in [1.54, 1.807) is 6.08 Å². The highest BCUT2D eigenvalue weighted by atomic mass is 16.1. The van der Waals surface area contributed by atoms with Crippen molar-refractivity contribution in [2.75, 3.05) is 18.0 Å². The quantitative estimate of drug-likeness (QED) is 0.464. The predicted octanol–water partition coefficient (Wildman–Crippen LogP) is 4.38. The predicted molar refractivity (Wildman–Crippen MR) is 147 cm³/mol. The van der Waals surface area contributed by atoms with E-state index in [0.717, 1.165) is 64.6 Å². The standard InChI is InChI=1S/C29H34N6O/c1-5-7-24(32-19(3)4)23-9-8-22(17-31-23)35-13-12-34(27-10-11-28(27)35)18-20-14-26-25(30-16-20)15-21(6-2)29(36)33-26/h5,7-9,14-17,27-28,32H,1,3,6,10-13,18H2,2,4H3,(H,33,36)/b24-7-. The van der Waals surface area contributed by atoms with E-state index in [1.165, 1.54) is 12.8 Å². The number of aromatic amines is 1. The van der Waals surface area contributed by atoms with Gasteiger partial charge in [0, 0.05) is 49.2 Å². The number of nitrogens with one attached hydrogen (secondary N) is 2. The Morgan fingerprint density at radius 1 is 1.19 bits per heavy atom. The van der Waals surface area contributed by atoms with Crippen molar-refractivity contribution in [3.8, 4) is 0 Å². The normalized spacial score (nSPS) is 20.1. The Morgan fingerprint density at radius 3 is 2.69 bits per heavy atom. The van der Waals surface area contributed by atoms with Gasteiger partial charge in [0.05, 0.1) is 34.3 Å². The molecule has 0 aromatic carbocycles. The first-order valence-corrected chi connectivity index (χ1v) is 12.7. The molecule has 0 radical (unpaired) electrons. The molecule has 0 bridgehead atoms. The maximum Gasteiger partial charge on any atom is 0.251 e. The molecule has 0 amide bonds. The first-order valence-electron chi connectivity index (χ1n) is 12.7. The molecule has 3 aromatic heterocycles. The number of fused-ring (bicyclic) bond motifs is 2. The Balaban J connectivity index is 1.29. The van der Waals surface area contributed by atoms with Gasteiger partial charge in [-0.3, -0.25) is 19.7 Å². The second-order valence-corrected chi connectivity index (χ2v) is 9.75. The first-order chi connectivity index (χ1) is 17.5. The summed E-state index contributed by atoms with van der Waals surface area (Å²) in [4.78, 5) is 29.7. The van der Waals surface area contributed by atoms with Crippen LogP contribution < -0.4 is 15.8 Å². The number of hydrogen-bond donors (Lipinski definition) is 2. The largest absolute Gasteiger partial charge is 0.364 e. The molecule has 1 saturated carbocycles. The molecule has 2 unspecified atom stereocenters. The summed E-state index contributed by atoms with van der Waals surface area (Å²) in [5.74, 6) is 0. The highest BCUT2D eigenvalue weighted by Crippen LogP contribution is 2.37. The molecule has 2 fully saturated rings. The molecule has 1 aliphatic heterocycles. The summed E-state index contributed by atoms with van der Waals surface area (Å²) in [5.41, 5.74) is 7.36. The topological polar surface area (TPSA) is 77.1 Å². The van der Waals surface area contributed by atoms with Crippen LogP contribution in [0.1, 0.15) is 43.5 Å². The Kier molecular flexibility index (Phi) is 6.74. The molecule has 0 spiro atoms. The summed E-state index contributed by atoms with van der Waals surface area (Å²) >= 11 is 0. The third-order valence-corrected chi connectivity index (χ3v) is 7.28. The van der Waals surface area contributed by atoms with Crippen molar-refractivity contribution in [3.63, 3.8) is 0 Å². The maximum absolute atomic E-state index is 12.3. The molecular formula is C29H34N6O. The number of rotatable bonds is 8. The van der Waals surface area contributed by atoms with Crippen LogP contribution in [-0.2, 0) is 13.0 Å². The van der Waals surface area contributed by atoms with Crippen molar-refractivity contribution < 1.29 is 0 Å². The molecule has 1 aliphatic carbocycles. The highest BCUT2D eigenvalue weighted by Gasteiger charge is 2.42. The second-order valence-electron chi connectivity index (χ2n) is 9.75. The lowest BCUT2D eigenvalue weighted by Gasteiger charge is -2.54. The zero-order chi connectivity index (χ0) is 25.2. The zero-order valence-electron chi connectivity index (χ0n) is 21.1. The number of nitrogens with zero attached hydrogens (tertiary/aromatic N) is 4. The number of H-pyrrole nitrogens is 1. The van der Waals surface area contributed by atoms with Gasteiger partial charge in [-0.2, -0.15) is 0 Å². The second kappa shape index (κ2) is 10.1. The van der Waals surface area contributed by atoms with Crippen molar-refractivity contribution in [1.82, 2.24) is 25.2 Å². The molecule has 2 N–H and O–H groups in total. The summed E-state index contributed by atoms with van der Waals surface area (Å²) in [5, 5.41) is 3.26. The summed E-state index contributed by atoms with van der Waals surface area (Å²) < 4.78 is 0. The average Bonchev–Trinajstić information content (AvgIpc) is 2.84. The van der Waals surface area contributed by atoms with Crippen molar-refractivity contribution in [3.05, 3.63) is 94.8 Å². The van der Waals surface area contributed by atoms with Gasteiger partial charge in [0.1, 0.15) is 0 Å². The lowest BCUT2D eigenvalue weighted by atomic mass is 9.81. The number of piperazine rings is 1. The number of aromatic nitrogens is 3. The van der Waals surface area contributed by atoms with Gasteiger partial charge in [-0.25, -0.2) is 0 Å². The van der Waals surface area contributed by atoms with Crippen molar-refractivity contribution in [2.24, 2.45) is 0 Å². The lowest BCUT2D eigenvalue weighted by Crippen LogP contribution is -2.64. The number of allylic oxidation sites excluding steroid dienone is 3. The van der Waals surface area contributed by atoms with Crippen LogP contribution in [0.3, 0.4) is 0 Å². The van der Waals surface area contributed by atoms with Crippen LogP contribution in [0.25, 0.3) is 16.7 Å². The van der Waals surface area contributed by atoms with E-state index < -0.39 is 0 Å². The van der Waals surface area contributed by atoms with Gasteiger partial charge in [-0.15, -0.1) is 0 Å². The summed E-state index contributed by atoms with van der Waals surface area (Å²) in [7, 11) is 0. The minimum atomic E-state index is -0.0150. The highest BCUT2D eigenvalue weighted by molar-refractivity contribution is 5.75. The summed E-state index contributed by atoms with van der Waals surface area (Å²) in [6.45, 7) is 14.4. The summed E-state index contributed by atoms with van der Waals surface area (Å²) in [6.07, 6.45) is 10.7. The Hall–Kier alpha value is -3.71. The fourth-order valence-corrected chi connectivity index (χ4v) is 5.34. The smallest absolute Gasteiger partial charge is 0.251 e. The zero-order valence-corrected chi connectivity index (χ0v) is 21.1. The lowest BCUT2D eigenvalue weighted by molar-refractivity contribution is 0.0658. The number of pyridine rings is 3. The first kappa shape index (κ1) is 24.0. The molecule has 2 atom stereocenters. The van der Waals surface area contributed by atoms with E-state index in [1.807, 2.05) is 38.4 Å². The van der Waals surface area contributed by atoms with Crippen molar-refractivity contribution in [2.45, 2.75) is 51.7 Å². The van der Waals surface area contributed by atoms with Crippen LogP contribution in [0.5, 0.6) is 0 Å². The Morgan fingerprint density at radius 2 is 2.03 bits per heavy atom. The van der Waals surface area contributed by atoms with Crippen LogP contribution in [0.15, 0.2) is 72.5 Å². The van der Waals surface area contributed by atoms with Gasteiger partial charge in [0.2, 0.25) is 0 Å². The SMILES string of the molecule is C=C/C=C(\NC(=C)C)c1ccc(N2CCN(Cc3cnc4cc(CC)c(=O)[nH]c4c3)C3CCC32)cn1. The van der Waals surface area contributed by atoms with Gasteiger partial charge in [-0.1, -0.05) is 26.2 Å². The van der Waals surface area contributed by atoms with Gasteiger partial charge >= 0.3 is 0 Å². The average molecular weight is 483 g/mol. The fourth-order valence-electron chi connectivity index (χ4n) is 5.34. The van der Waals surface area contributed by atoms with E-state index >= 15 is 0 Å². The molecule has 5 rings (SSSR count). The Bertz CT molecular complexity index is 1370. The van der Waals surface area contributed by atoms with E-state index in [9.17, 15) is 4.79 Å². The Labute approximate surface area is 212 Å². The van der Waals surface area contributed by atoms with Gasteiger partial charge < -0.3 is 15.2 Å². The van der Waals surface area contributed by atoms with E-state index in [2.05, 4.69) is 56.4 Å². The van der Waals surface area contributed by atoms with Crippen molar-refractivity contribution >= 4 is 22.4 Å². The molecule has 2 aliphatic rings. The van der Waals surface area contributed by atoms with E-state index in [4.69, 9.17) is 4.98 Å². The molecule has 3 aromatic rings. The number of aryl methyl sites for hydroxylation is 1. The van der Waals surface area contributed by atoms with E-state index in [-0.39, 0.29) is 5.56 Å². The monoisotopic (exact) mass is 482 g/mol. The van der Waals surface area contributed by atoms with Crippen LogP contribution in [-0.4, -0.2) is 45.0 Å². The molecule has 7 heteroatoms. The van der Waals surface area contributed by atoms with Crippen LogP contribution in [0.4, 0.5) is 5.69 Å². The maximum atomic E-state index is 12.3. The van der Waals surface area contributed by atoms with Crippen LogP contribution in [0.2, 0.25) is 0 Å². The van der Waals surface area contributed by atoms with Gasteiger partial charge in [0.15, 0.2) is 0 Å². The molecule has 186 valence electrons. The molecule has 1 saturated heterocycles. The number of hydrogen-bond acceptors (Lipinski definition) is 6. The minimum Gasteiger partial charge on any atom is -0.364 e. The minimum absolute atomic E-state index is 0.0150. The third-order valence-electron chi connectivity index (χ3n) is 7.28. The van der Waals surface area contributed by atoms with Gasteiger partial charge in [-0.05, 0) is 62.1 Å². The molecule has 4 heterocycles. The molecular weight excluding hydrogens is 448 g/mol. The third kappa shape index (κ3) is 4.71. The van der Waals surface area contributed by atoms with Crippen molar-refractivity contribution in [1.29, 1.82) is 0 Å². The van der Waals surface area contributed by atoms with Crippen LogP contribution >= 0.6 is 0 Å². The molecule has 7 nitrogen and oxygen atoms in total.